The first-order valence-electron chi connectivity index (χ1n) is 14.5. The number of amidine groups is 1. The van der Waals surface area contributed by atoms with Crippen molar-refractivity contribution in [1.29, 1.82) is 5.41 Å². The minimum atomic E-state index is -0.414. The van der Waals surface area contributed by atoms with E-state index in [1.54, 1.807) is 36.2 Å². The van der Waals surface area contributed by atoms with Crippen LogP contribution < -0.4 is 15.0 Å². The summed E-state index contributed by atoms with van der Waals surface area (Å²) in [6, 6.07) is 16.9. The Bertz CT molecular complexity index is 1500. The van der Waals surface area contributed by atoms with Crippen molar-refractivity contribution >= 4 is 23.2 Å². The molecule has 0 saturated carbocycles. The Kier molecular flexibility index (Phi) is 9.76. The quantitative estimate of drug-likeness (QED) is 0.199. The normalized spacial score (nSPS) is 12.7. The number of ether oxygens (including phenoxy) is 2. The number of phenols is 1. The van der Waals surface area contributed by atoms with Crippen LogP contribution in [0.4, 0.5) is 5.69 Å². The molecule has 1 aliphatic rings. The average molecular weight is 587 g/mol. The molecule has 3 aromatic carbocycles. The van der Waals surface area contributed by atoms with Crippen molar-refractivity contribution in [2.45, 2.75) is 46.3 Å². The number of phenolic OH excluding ortho intramolecular Hbond substituents is 1. The number of carbonyl (C=O) groups excluding carboxylic acids is 2. The number of fused-ring (bicyclic) bond motifs is 1. The molecule has 9 nitrogen and oxygen atoms in total. The molecule has 0 radical (unpaired) electrons. The van der Waals surface area contributed by atoms with Crippen LogP contribution in [-0.2, 0) is 23.3 Å². The fraction of sp³-hybridized carbons (Fsp3) is 0.382. The lowest BCUT2D eigenvalue weighted by Gasteiger charge is -2.27. The molecule has 0 atom stereocenters. The molecule has 0 unspecified atom stereocenters. The van der Waals surface area contributed by atoms with Crippen LogP contribution in [0.3, 0.4) is 0 Å². The second-order valence-corrected chi connectivity index (χ2v) is 11.7. The summed E-state index contributed by atoms with van der Waals surface area (Å²) in [6.45, 7) is 10.0. The Morgan fingerprint density at radius 3 is 2.49 bits per heavy atom. The molecule has 3 aromatic rings. The minimum absolute atomic E-state index is 0.0233. The molecular formula is C34H42N4O5. The number of aromatic hydroxyl groups is 1. The van der Waals surface area contributed by atoms with Crippen molar-refractivity contribution in [3.05, 3.63) is 88.0 Å². The Labute approximate surface area is 253 Å². The highest BCUT2D eigenvalue weighted by atomic mass is 16.5. The fourth-order valence-electron chi connectivity index (χ4n) is 5.14. The number of hydrogen-bond donors (Lipinski definition) is 3. The molecule has 0 aliphatic carbocycles. The van der Waals surface area contributed by atoms with Crippen molar-refractivity contribution in [3.63, 3.8) is 0 Å². The largest absolute Gasteiger partial charge is 0.505 e. The Morgan fingerprint density at radius 2 is 1.84 bits per heavy atom. The number of hydrogen-bond acceptors (Lipinski definition) is 7. The zero-order valence-corrected chi connectivity index (χ0v) is 25.9. The number of likely N-dealkylation sites (N-methyl/N-ethyl adjacent to an activating group) is 1. The van der Waals surface area contributed by atoms with Crippen molar-refractivity contribution in [2.24, 2.45) is 0 Å². The van der Waals surface area contributed by atoms with Gasteiger partial charge in [-0.05, 0) is 47.7 Å². The van der Waals surface area contributed by atoms with Gasteiger partial charge in [0.1, 0.15) is 17.3 Å². The third-order valence-electron chi connectivity index (χ3n) is 7.56. The highest BCUT2D eigenvalue weighted by molar-refractivity contribution is 6.08. The lowest BCUT2D eigenvalue weighted by Crippen LogP contribution is -2.31. The number of ketones is 1. The SMILES string of the molecule is CCOc1cc2c(cc1C(=O)NC)C(=N)N(CC(=O)c1cc(N(C)CCOCc3ccccc3)c(O)c(C(C)(C)C)c1)C2. The minimum Gasteiger partial charge on any atom is -0.505 e. The van der Waals surface area contributed by atoms with Crippen molar-refractivity contribution in [3.8, 4) is 11.5 Å². The van der Waals surface area contributed by atoms with E-state index in [9.17, 15) is 14.7 Å². The summed E-state index contributed by atoms with van der Waals surface area (Å²) in [5, 5.41) is 22.7. The van der Waals surface area contributed by atoms with Crippen molar-refractivity contribution in [2.75, 3.05) is 45.3 Å². The number of benzene rings is 3. The van der Waals surface area contributed by atoms with Crippen molar-refractivity contribution in [1.82, 2.24) is 10.2 Å². The van der Waals surface area contributed by atoms with Gasteiger partial charge in [-0.15, -0.1) is 0 Å². The average Bonchev–Trinajstić information content (AvgIpc) is 3.27. The van der Waals surface area contributed by atoms with E-state index >= 15 is 0 Å². The highest BCUT2D eigenvalue weighted by Gasteiger charge is 2.30. The zero-order valence-electron chi connectivity index (χ0n) is 25.9. The predicted octanol–water partition coefficient (Wildman–Crippen LogP) is 5.12. The molecule has 228 valence electrons. The zero-order chi connectivity index (χ0) is 31.3. The molecule has 3 N–H and O–H groups in total. The van der Waals surface area contributed by atoms with Crippen LogP contribution in [0.25, 0.3) is 0 Å². The van der Waals surface area contributed by atoms with E-state index in [0.717, 1.165) is 11.1 Å². The molecule has 0 spiro atoms. The molecule has 9 heteroatoms. The van der Waals surface area contributed by atoms with Gasteiger partial charge in [0.15, 0.2) is 5.78 Å². The molecule has 0 saturated heterocycles. The second kappa shape index (κ2) is 13.3. The summed E-state index contributed by atoms with van der Waals surface area (Å²) in [4.78, 5) is 29.8. The number of nitrogens with zero attached hydrogens (tertiary/aromatic N) is 2. The summed E-state index contributed by atoms with van der Waals surface area (Å²) in [6.07, 6.45) is 0. The van der Waals surface area contributed by atoms with Crippen LogP contribution in [0.2, 0.25) is 0 Å². The Morgan fingerprint density at radius 1 is 1.12 bits per heavy atom. The van der Waals surface area contributed by atoms with Gasteiger partial charge < -0.3 is 29.7 Å². The monoisotopic (exact) mass is 586 g/mol. The standard InChI is InChI=1S/C34H42N4O5/c1-7-43-30-17-24-19-38(32(35)25(24)18-26(30)33(41)36-5)20-29(39)23-15-27(34(2,3)4)31(40)28(16-23)37(6)13-14-42-21-22-11-9-8-10-12-22/h8-12,15-18,35,40H,7,13-14,19-21H2,1-6H3,(H,36,41). The van der Waals surface area contributed by atoms with E-state index in [0.29, 0.717) is 66.6 Å². The molecule has 0 fully saturated rings. The maximum absolute atomic E-state index is 13.7. The van der Waals surface area contributed by atoms with Crippen LogP contribution in [-0.4, -0.2) is 67.9 Å². The third-order valence-corrected chi connectivity index (χ3v) is 7.56. The van der Waals surface area contributed by atoms with E-state index in [4.69, 9.17) is 14.9 Å². The molecule has 1 aliphatic heterocycles. The van der Waals surface area contributed by atoms with Crippen LogP contribution in [0.1, 0.15) is 70.7 Å². The number of carbonyl (C=O) groups is 2. The van der Waals surface area contributed by atoms with Crippen LogP contribution in [0.5, 0.6) is 11.5 Å². The molecule has 0 aromatic heterocycles. The van der Waals surface area contributed by atoms with E-state index in [1.807, 2.05) is 70.0 Å². The fourth-order valence-corrected chi connectivity index (χ4v) is 5.14. The maximum atomic E-state index is 13.7. The first-order chi connectivity index (χ1) is 20.4. The van der Waals surface area contributed by atoms with Gasteiger partial charge in [-0.1, -0.05) is 51.1 Å². The molecule has 1 heterocycles. The van der Waals surface area contributed by atoms with E-state index in [2.05, 4.69) is 5.32 Å². The highest BCUT2D eigenvalue weighted by Crippen LogP contribution is 2.39. The summed E-state index contributed by atoms with van der Waals surface area (Å²) >= 11 is 0. The Hall–Kier alpha value is -4.37. The Balaban J connectivity index is 1.53. The van der Waals surface area contributed by atoms with Gasteiger partial charge in [-0.2, -0.15) is 0 Å². The van der Waals surface area contributed by atoms with E-state index in [1.165, 1.54) is 0 Å². The first kappa shape index (κ1) is 31.6. The number of nitrogens with one attached hydrogen (secondary N) is 2. The molecule has 43 heavy (non-hydrogen) atoms. The number of rotatable bonds is 12. The summed E-state index contributed by atoms with van der Waals surface area (Å²) in [5.41, 5.74) is 4.14. The number of amides is 1. The second-order valence-electron chi connectivity index (χ2n) is 11.7. The lowest BCUT2D eigenvalue weighted by atomic mass is 9.84. The topological polar surface area (TPSA) is 115 Å². The summed E-state index contributed by atoms with van der Waals surface area (Å²) in [7, 11) is 3.42. The van der Waals surface area contributed by atoms with Gasteiger partial charge in [0, 0.05) is 43.9 Å². The lowest BCUT2D eigenvalue weighted by molar-refractivity contribution is 0.0953. The van der Waals surface area contributed by atoms with Crippen LogP contribution >= 0.6 is 0 Å². The van der Waals surface area contributed by atoms with Gasteiger partial charge in [-0.25, -0.2) is 0 Å². The predicted molar refractivity (Wildman–Crippen MR) is 169 cm³/mol. The van der Waals surface area contributed by atoms with Crippen molar-refractivity contribution < 1.29 is 24.2 Å². The number of Topliss-reactive ketones (excluding diaryl/α,β-unsaturated/α-hetero) is 1. The van der Waals surface area contributed by atoms with Gasteiger partial charge in [0.2, 0.25) is 0 Å². The van der Waals surface area contributed by atoms with Crippen LogP contribution in [0, 0.1) is 5.41 Å². The van der Waals surface area contributed by atoms with Gasteiger partial charge in [-0.3, -0.25) is 15.0 Å². The van der Waals surface area contributed by atoms with E-state index in [-0.39, 0.29) is 29.8 Å². The van der Waals surface area contributed by atoms with Gasteiger partial charge in [0.05, 0.1) is 37.6 Å². The molecular weight excluding hydrogens is 544 g/mol. The molecule has 4 rings (SSSR count). The summed E-state index contributed by atoms with van der Waals surface area (Å²) in [5.74, 6) is 0.305. The molecule has 1 amide bonds. The van der Waals surface area contributed by atoms with Gasteiger partial charge >= 0.3 is 0 Å². The number of anilines is 1. The van der Waals surface area contributed by atoms with E-state index < -0.39 is 5.41 Å². The smallest absolute Gasteiger partial charge is 0.254 e. The first-order valence-corrected chi connectivity index (χ1v) is 14.5. The van der Waals surface area contributed by atoms with Gasteiger partial charge in [0.25, 0.3) is 5.91 Å². The summed E-state index contributed by atoms with van der Waals surface area (Å²) < 4.78 is 11.6. The third kappa shape index (κ3) is 7.17. The van der Waals surface area contributed by atoms with Crippen LogP contribution in [0.15, 0.2) is 54.6 Å². The maximum Gasteiger partial charge on any atom is 0.254 e. The molecule has 0 bridgehead atoms.